The highest BCUT2D eigenvalue weighted by Crippen LogP contribution is 1.95. The first-order valence-electron chi connectivity index (χ1n) is 2.74. The van der Waals surface area contributed by atoms with Crippen LogP contribution in [0.15, 0.2) is 17.3 Å². The minimum Gasteiger partial charge on any atom is -0.281 e. The van der Waals surface area contributed by atoms with Crippen LogP contribution >= 0.6 is 0 Å². The van der Waals surface area contributed by atoms with Crippen LogP contribution in [0.25, 0.3) is 11.0 Å². The Morgan fingerprint density at radius 1 is 1.40 bits per heavy atom. The lowest BCUT2D eigenvalue weighted by atomic mass is 10.4. The first kappa shape index (κ1) is 5.16. The van der Waals surface area contributed by atoms with E-state index in [-0.39, 0.29) is 5.56 Å². The number of hydrogen-bond donors (Lipinski definition) is 2. The molecular weight excluding hydrogens is 132 g/mol. The van der Waals surface area contributed by atoms with E-state index in [0.29, 0.717) is 11.0 Å². The van der Waals surface area contributed by atoms with Gasteiger partial charge in [0.25, 0.3) is 5.56 Å². The highest BCUT2D eigenvalue weighted by atomic mass is 16.1. The van der Waals surface area contributed by atoms with Gasteiger partial charge in [-0.05, 0) is 0 Å². The summed E-state index contributed by atoms with van der Waals surface area (Å²) in [4.78, 5) is 18.3. The lowest BCUT2D eigenvalue weighted by Crippen LogP contribution is -1.97. The quantitative estimate of drug-likeness (QED) is 0.519. The SMILES string of the molecule is O=c1[nH][nH]c2ncncc12. The van der Waals surface area contributed by atoms with Gasteiger partial charge in [-0.15, -0.1) is 0 Å². The maximum Gasteiger partial charge on any atom is 0.275 e. The van der Waals surface area contributed by atoms with E-state index in [1.807, 2.05) is 0 Å². The van der Waals surface area contributed by atoms with Crippen molar-refractivity contribution in [2.45, 2.75) is 0 Å². The Bertz CT molecular complexity index is 401. The molecule has 2 aromatic rings. The summed E-state index contributed by atoms with van der Waals surface area (Å²) in [5, 5.41) is 5.48. The van der Waals surface area contributed by atoms with E-state index in [9.17, 15) is 4.79 Å². The van der Waals surface area contributed by atoms with Crippen molar-refractivity contribution in [1.29, 1.82) is 0 Å². The topological polar surface area (TPSA) is 74.4 Å². The van der Waals surface area contributed by atoms with E-state index >= 15 is 0 Å². The van der Waals surface area contributed by atoms with Crippen molar-refractivity contribution >= 4 is 11.0 Å². The highest BCUT2D eigenvalue weighted by Gasteiger charge is 1.97. The molecule has 10 heavy (non-hydrogen) atoms. The molecule has 50 valence electrons. The molecule has 2 rings (SSSR count). The predicted molar refractivity (Wildman–Crippen MR) is 34.5 cm³/mol. The molecule has 0 bridgehead atoms. The first-order chi connectivity index (χ1) is 4.88. The molecule has 0 radical (unpaired) electrons. The van der Waals surface area contributed by atoms with Gasteiger partial charge in [-0.2, -0.15) is 0 Å². The van der Waals surface area contributed by atoms with Crippen molar-refractivity contribution in [2.24, 2.45) is 0 Å². The van der Waals surface area contributed by atoms with Gasteiger partial charge >= 0.3 is 0 Å². The molecule has 0 spiro atoms. The van der Waals surface area contributed by atoms with Crippen molar-refractivity contribution in [3.05, 3.63) is 22.9 Å². The van der Waals surface area contributed by atoms with Crippen LogP contribution in [0.2, 0.25) is 0 Å². The third kappa shape index (κ3) is 0.540. The average molecular weight is 136 g/mol. The Labute approximate surface area is 55.1 Å². The summed E-state index contributed by atoms with van der Waals surface area (Å²) in [6.45, 7) is 0. The first-order valence-corrected chi connectivity index (χ1v) is 2.74. The van der Waals surface area contributed by atoms with Gasteiger partial charge in [-0.3, -0.25) is 15.0 Å². The van der Waals surface area contributed by atoms with Gasteiger partial charge in [-0.25, -0.2) is 9.97 Å². The summed E-state index contributed by atoms with van der Waals surface area (Å²) >= 11 is 0. The summed E-state index contributed by atoms with van der Waals surface area (Å²) < 4.78 is 0. The third-order valence-corrected chi connectivity index (χ3v) is 1.25. The van der Waals surface area contributed by atoms with E-state index in [1.165, 1.54) is 12.5 Å². The molecule has 0 amide bonds. The number of hydrogen-bond acceptors (Lipinski definition) is 3. The number of nitrogens with zero attached hydrogens (tertiary/aromatic N) is 2. The van der Waals surface area contributed by atoms with E-state index in [4.69, 9.17) is 0 Å². The van der Waals surface area contributed by atoms with Gasteiger partial charge in [0, 0.05) is 6.20 Å². The normalized spacial score (nSPS) is 10.4. The molecule has 0 saturated heterocycles. The molecule has 0 atom stereocenters. The van der Waals surface area contributed by atoms with Crippen molar-refractivity contribution in [3.8, 4) is 0 Å². The van der Waals surface area contributed by atoms with Crippen LogP contribution < -0.4 is 5.56 Å². The minimum atomic E-state index is -0.185. The van der Waals surface area contributed by atoms with Crippen LogP contribution in [-0.4, -0.2) is 20.2 Å². The van der Waals surface area contributed by atoms with Gasteiger partial charge in [0.1, 0.15) is 11.7 Å². The van der Waals surface area contributed by atoms with E-state index in [2.05, 4.69) is 20.2 Å². The zero-order valence-corrected chi connectivity index (χ0v) is 4.96. The molecule has 0 aromatic carbocycles. The Hall–Kier alpha value is -1.65. The molecule has 0 saturated carbocycles. The highest BCUT2D eigenvalue weighted by molar-refractivity contribution is 5.71. The Balaban J connectivity index is 3.07. The molecule has 0 aliphatic heterocycles. The molecular formula is C5H4N4O. The van der Waals surface area contributed by atoms with Gasteiger partial charge in [0.05, 0.1) is 0 Å². The van der Waals surface area contributed by atoms with Gasteiger partial charge < -0.3 is 0 Å². The Kier molecular flexibility index (Phi) is 0.858. The summed E-state index contributed by atoms with van der Waals surface area (Å²) in [6, 6.07) is 0. The summed E-state index contributed by atoms with van der Waals surface area (Å²) in [5.41, 5.74) is 0.357. The fraction of sp³-hybridized carbons (Fsp3) is 0. The van der Waals surface area contributed by atoms with Crippen LogP contribution in [0.3, 0.4) is 0 Å². The smallest absolute Gasteiger partial charge is 0.275 e. The lowest BCUT2D eigenvalue weighted by molar-refractivity contribution is 1.06. The van der Waals surface area contributed by atoms with Crippen LogP contribution in [0, 0.1) is 0 Å². The molecule has 2 heterocycles. The van der Waals surface area contributed by atoms with Crippen molar-refractivity contribution in [2.75, 3.05) is 0 Å². The Morgan fingerprint density at radius 3 is 3.10 bits per heavy atom. The number of nitrogens with one attached hydrogen (secondary N) is 2. The molecule has 5 heteroatoms. The number of rotatable bonds is 0. The summed E-state index contributed by atoms with van der Waals surface area (Å²) in [6.07, 6.45) is 2.85. The fourth-order valence-electron chi connectivity index (χ4n) is 0.779. The van der Waals surface area contributed by atoms with Crippen LogP contribution in [0.4, 0.5) is 0 Å². The van der Waals surface area contributed by atoms with Gasteiger partial charge in [0.15, 0.2) is 5.65 Å². The third-order valence-electron chi connectivity index (χ3n) is 1.25. The standard InChI is InChI=1S/C5H4N4O/c10-5-3-1-6-2-7-4(3)8-9-5/h1-2H,(H2,6,7,8,9,10). The van der Waals surface area contributed by atoms with Crippen molar-refractivity contribution in [3.63, 3.8) is 0 Å². The fourth-order valence-corrected chi connectivity index (χ4v) is 0.779. The zero-order chi connectivity index (χ0) is 6.97. The number of aromatic nitrogens is 4. The molecule has 0 aliphatic carbocycles. The molecule has 5 nitrogen and oxygen atoms in total. The van der Waals surface area contributed by atoms with Crippen LogP contribution in [0.1, 0.15) is 0 Å². The minimum absolute atomic E-state index is 0.185. The lowest BCUT2D eigenvalue weighted by Gasteiger charge is -1.79. The van der Waals surface area contributed by atoms with Gasteiger partial charge in [-0.1, -0.05) is 0 Å². The van der Waals surface area contributed by atoms with Crippen molar-refractivity contribution in [1.82, 2.24) is 20.2 Å². The monoisotopic (exact) mass is 136 g/mol. The van der Waals surface area contributed by atoms with E-state index in [1.54, 1.807) is 0 Å². The maximum absolute atomic E-state index is 10.8. The van der Waals surface area contributed by atoms with E-state index in [0.717, 1.165) is 0 Å². The predicted octanol–water partition coefficient (Wildman–Crippen LogP) is -0.354. The van der Waals surface area contributed by atoms with Crippen molar-refractivity contribution < 1.29 is 0 Å². The van der Waals surface area contributed by atoms with E-state index < -0.39 is 0 Å². The molecule has 0 aliphatic rings. The second kappa shape index (κ2) is 1.66. The average Bonchev–Trinajstić information content (AvgIpc) is 2.34. The largest absolute Gasteiger partial charge is 0.281 e. The maximum atomic E-state index is 10.8. The molecule has 0 fully saturated rings. The number of aromatic amines is 2. The second-order valence-corrected chi connectivity index (χ2v) is 1.86. The number of H-pyrrole nitrogens is 2. The van der Waals surface area contributed by atoms with Gasteiger partial charge in [0.2, 0.25) is 0 Å². The molecule has 0 unspecified atom stereocenters. The second-order valence-electron chi connectivity index (χ2n) is 1.86. The summed E-state index contributed by atoms with van der Waals surface area (Å²) in [7, 11) is 0. The van der Waals surface area contributed by atoms with Crippen LogP contribution in [-0.2, 0) is 0 Å². The van der Waals surface area contributed by atoms with Crippen LogP contribution in [0.5, 0.6) is 0 Å². The summed E-state index contributed by atoms with van der Waals surface area (Å²) in [5.74, 6) is 0. The molecule has 2 aromatic heterocycles. The zero-order valence-electron chi connectivity index (χ0n) is 4.96. The number of fused-ring (bicyclic) bond motifs is 1. The Morgan fingerprint density at radius 2 is 2.30 bits per heavy atom. The molecule has 2 N–H and O–H groups in total.